The number of rotatable bonds is 15. The molecule has 0 heterocycles. The molecule has 0 spiro atoms. The van der Waals surface area contributed by atoms with Crippen LogP contribution >= 0.6 is 0 Å². The van der Waals surface area contributed by atoms with Crippen molar-refractivity contribution in [3.63, 3.8) is 0 Å². The lowest BCUT2D eigenvalue weighted by molar-refractivity contribution is -0.903. The van der Waals surface area contributed by atoms with Crippen molar-refractivity contribution < 1.29 is 18.8 Å². The Balaban J connectivity index is 1.59. The molecule has 0 bridgehead atoms. The maximum atomic E-state index is 10.8. The molecule has 0 unspecified atom stereocenters. The third kappa shape index (κ3) is 9.97. The molecule has 0 radical (unpaired) electrons. The summed E-state index contributed by atoms with van der Waals surface area (Å²) >= 11 is 0. The number of benzene rings is 2. The van der Waals surface area contributed by atoms with Crippen molar-refractivity contribution in [3.05, 3.63) is 79.9 Å². The molecule has 0 atom stereocenters. The van der Waals surface area contributed by atoms with Gasteiger partial charge in [-0.2, -0.15) is 0 Å². The molecule has 0 aliphatic heterocycles. The number of nitrogens with zero attached hydrogens (tertiary/aromatic N) is 4. The van der Waals surface area contributed by atoms with E-state index in [2.05, 4.69) is 28.2 Å². The zero-order chi connectivity index (χ0) is 25.2. The van der Waals surface area contributed by atoms with Gasteiger partial charge in [0.05, 0.1) is 51.1 Å². The van der Waals surface area contributed by atoms with E-state index in [-0.39, 0.29) is 21.2 Å². The smallest absolute Gasteiger partial charge is 0.269 e. The fourth-order valence-corrected chi connectivity index (χ4v) is 4.38. The van der Waals surface area contributed by atoms with E-state index in [0.717, 1.165) is 46.3 Å². The van der Waals surface area contributed by atoms with Crippen LogP contribution in [0.1, 0.15) is 49.7 Å². The third-order valence-electron chi connectivity index (χ3n) is 6.29. The summed E-state index contributed by atoms with van der Waals surface area (Å²) in [5.41, 5.74) is 2.54. The van der Waals surface area contributed by atoms with E-state index >= 15 is 0 Å². The van der Waals surface area contributed by atoms with Gasteiger partial charge in [-0.15, -0.1) is 0 Å². The van der Waals surface area contributed by atoms with Gasteiger partial charge < -0.3 is 8.97 Å². The minimum Gasteiger partial charge on any atom is -0.325 e. The van der Waals surface area contributed by atoms with Crippen molar-refractivity contribution in [1.82, 2.24) is 0 Å². The average Bonchev–Trinajstić information content (AvgIpc) is 2.75. The Morgan fingerprint density at radius 2 is 0.853 bits per heavy atom. The molecule has 0 aliphatic rings. The molecule has 0 aliphatic carbocycles. The Hall–Kier alpha value is -2.84. The summed E-state index contributed by atoms with van der Waals surface area (Å²) in [6.07, 6.45) is 7.30. The lowest BCUT2D eigenvalue weighted by Crippen LogP contribution is -2.39. The first kappa shape index (κ1) is 27.4. The van der Waals surface area contributed by atoms with Crippen molar-refractivity contribution in [2.75, 3.05) is 41.3 Å². The summed E-state index contributed by atoms with van der Waals surface area (Å²) in [5.74, 6) is 0. The summed E-state index contributed by atoms with van der Waals surface area (Å²) in [7, 11) is 8.86. The lowest BCUT2D eigenvalue weighted by atomic mass is 10.1. The molecule has 2 rings (SSSR count). The first-order chi connectivity index (χ1) is 16.0. The average molecular weight is 473 g/mol. The van der Waals surface area contributed by atoms with Gasteiger partial charge in [0.1, 0.15) is 13.1 Å². The summed E-state index contributed by atoms with van der Waals surface area (Å²) in [5, 5.41) is 21.6. The van der Waals surface area contributed by atoms with Crippen molar-refractivity contribution in [2.24, 2.45) is 0 Å². The zero-order valence-corrected chi connectivity index (χ0v) is 21.1. The highest BCUT2D eigenvalue weighted by Gasteiger charge is 2.17. The van der Waals surface area contributed by atoms with Gasteiger partial charge in [-0.05, 0) is 49.9 Å². The number of hydrogen-bond acceptors (Lipinski definition) is 4. The van der Waals surface area contributed by atoms with Crippen LogP contribution in [-0.4, -0.2) is 60.1 Å². The Kier molecular flexibility index (Phi) is 10.1. The maximum Gasteiger partial charge on any atom is 0.269 e. The van der Waals surface area contributed by atoms with Gasteiger partial charge >= 0.3 is 0 Å². The predicted octanol–water partition coefficient (Wildman–Crippen LogP) is 5.70. The van der Waals surface area contributed by atoms with Gasteiger partial charge in [-0.3, -0.25) is 20.2 Å². The Morgan fingerprint density at radius 3 is 1.15 bits per heavy atom. The molecular weight excluding hydrogens is 432 g/mol. The molecular formula is C26H40N4O4+2. The number of hydrogen-bond donors (Lipinski definition) is 0. The van der Waals surface area contributed by atoms with Crippen molar-refractivity contribution in [1.29, 1.82) is 0 Å². The second kappa shape index (κ2) is 12.6. The van der Waals surface area contributed by atoms with Crippen LogP contribution in [0.15, 0.2) is 48.5 Å². The van der Waals surface area contributed by atoms with Crippen LogP contribution in [0, 0.1) is 20.2 Å². The standard InChI is InChI=1S/C26H40N4O4/c1-29(2,21-23-11-15-25(16-12-23)27(31)32)19-9-7-5-6-8-10-20-30(3,4)22-24-13-17-26(18-14-24)28(33)34/h11-18H,5-10,19-22H2,1-4H3/q+2. The molecule has 0 saturated carbocycles. The second-order valence-electron chi connectivity index (χ2n) is 10.6. The van der Waals surface area contributed by atoms with Crippen molar-refractivity contribution >= 4 is 11.4 Å². The highest BCUT2D eigenvalue weighted by Crippen LogP contribution is 2.18. The van der Waals surface area contributed by atoms with Crippen molar-refractivity contribution in [3.8, 4) is 0 Å². The van der Waals surface area contributed by atoms with Gasteiger partial charge in [-0.1, -0.05) is 12.8 Å². The molecule has 8 nitrogen and oxygen atoms in total. The van der Waals surface area contributed by atoms with E-state index in [1.807, 2.05) is 24.3 Å². The number of non-ortho nitro benzene ring substituents is 2. The Labute approximate surface area is 203 Å². The van der Waals surface area contributed by atoms with Crippen LogP contribution in [0.4, 0.5) is 11.4 Å². The number of quaternary nitrogens is 2. The van der Waals surface area contributed by atoms with E-state index in [9.17, 15) is 20.2 Å². The SMILES string of the molecule is C[N+](C)(CCCCCCCC[N+](C)(C)Cc1ccc([N+](=O)[O-])cc1)Cc1ccc([N+](=O)[O-])cc1. The van der Waals surface area contributed by atoms with Crippen LogP contribution in [0.25, 0.3) is 0 Å². The first-order valence-corrected chi connectivity index (χ1v) is 12.1. The van der Waals surface area contributed by atoms with Gasteiger partial charge in [0.2, 0.25) is 0 Å². The second-order valence-corrected chi connectivity index (χ2v) is 10.6. The van der Waals surface area contributed by atoms with E-state index in [4.69, 9.17) is 0 Å². The molecule has 2 aromatic rings. The van der Waals surface area contributed by atoms with E-state index in [1.54, 1.807) is 24.3 Å². The maximum absolute atomic E-state index is 10.8. The van der Waals surface area contributed by atoms with Gasteiger partial charge in [0.25, 0.3) is 11.4 Å². The van der Waals surface area contributed by atoms with E-state index in [0.29, 0.717) is 0 Å². The van der Waals surface area contributed by atoms with Crippen LogP contribution in [0.3, 0.4) is 0 Å². The number of unbranched alkanes of at least 4 members (excludes halogenated alkanes) is 5. The highest BCUT2D eigenvalue weighted by molar-refractivity contribution is 5.33. The number of nitro groups is 2. The largest absolute Gasteiger partial charge is 0.325 e. The summed E-state index contributed by atoms with van der Waals surface area (Å²) in [6, 6.07) is 13.8. The molecule has 0 amide bonds. The molecule has 8 heteroatoms. The van der Waals surface area contributed by atoms with Gasteiger partial charge in [-0.25, -0.2) is 0 Å². The van der Waals surface area contributed by atoms with Crippen molar-refractivity contribution in [2.45, 2.75) is 51.6 Å². The minimum atomic E-state index is -0.358. The molecule has 0 saturated heterocycles. The molecule has 0 N–H and O–H groups in total. The van der Waals surface area contributed by atoms with Crippen LogP contribution in [0.5, 0.6) is 0 Å². The lowest BCUT2D eigenvalue weighted by Gasteiger charge is -2.30. The Morgan fingerprint density at radius 1 is 0.559 bits per heavy atom. The molecule has 186 valence electrons. The first-order valence-electron chi connectivity index (χ1n) is 12.1. The molecule has 34 heavy (non-hydrogen) atoms. The quantitative estimate of drug-likeness (QED) is 0.144. The van der Waals surface area contributed by atoms with Crippen LogP contribution in [0.2, 0.25) is 0 Å². The van der Waals surface area contributed by atoms with Crippen LogP contribution < -0.4 is 0 Å². The summed E-state index contributed by atoms with van der Waals surface area (Å²) in [6.45, 7) is 3.94. The van der Waals surface area contributed by atoms with Crippen LogP contribution in [-0.2, 0) is 13.1 Å². The molecule has 0 fully saturated rings. The van der Waals surface area contributed by atoms with E-state index in [1.165, 1.54) is 38.5 Å². The summed E-state index contributed by atoms with van der Waals surface area (Å²) in [4.78, 5) is 20.9. The van der Waals surface area contributed by atoms with E-state index < -0.39 is 0 Å². The fraction of sp³-hybridized carbons (Fsp3) is 0.538. The number of nitro benzene ring substituents is 2. The zero-order valence-electron chi connectivity index (χ0n) is 21.1. The normalized spacial score (nSPS) is 12.0. The van der Waals surface area contributed by atoms with Gasteiger partial charge in [0.15, 0.2) is 0 Å². The topological polar surface area (TPSA) is 86.3 Å². The molecule has 0 aromatic heterocycles. The third-order valence-corrected chi connectivity index (χ3v) is 6.29. The fourth-order valence-electron chi connectivity index (χ4n) is 4.38. The minimum absolute atomic E-state index is 0.141. The van der Waals surface area contributed by atoms with Gasteiger partial charge in [0, 0.05) is 35.4 Å². The monoisotopic (exact) mass is 472 g/mol. The predicted molar refractivity (Wildman–Crippen MR) is 135 cm³/mol. The summed E-state index contributed by atoms with van der Waals surface area (Å²) < 4.78 is 1.76. The molecule has 2 aromatic carbocycles. The Bertz CT molecular complexity index is 847. The highest BCUT2D eigenvalue weighted by atomic mass is 16.6.